The summed E-state index contributed by atoms with van der Waals surface area (Å²) in [7, 11) is 2.13. The number of benzene rings is 2. The zero-order chi connectivity index (χ0) is 18.1. The molecule has 2 heterocycles. The fraction of sp³-hybridized carbons (Fsp3) is 0.263. The first-order valence-corrected chi connectivity index (χ1v) is 8.99. The van der Waals surface area contributed by atoms with Crippen LogP contribution in [0.4, 0.5) is 11.6 Å². The number of rotatable bonds is 3. The van der Waals surface area contributed by atoms with Gasteiger partial charge in [-0.1, -0.05) is 17.7 Å². The van der Waals surface area contributed by atoms with Crippen LogP contribution in [0, 0.1) is 0 Å². The van der Waals surface area contributed by atoms with Gasteiger partial charge in [0, 0.05) is 54.0 Å². The number of halogens is 1. The predicted molar refractivity (Wildman–Crippen MR) is 107 cm³/mol. The van der Waals surface area contributed by atoms with Gasteiger partial charge >= 0.3 is 0 Å². The van der Waals surface area contributed by atoms with Crippen molar-refractivity contribution < 1.29 is 0 Å². The van der Waals surface area contributed by atoms with E-state index in [2.05, 4.69) is 32.4 Å². The standard InChI is InChI=1S/C19H21ClN6/c1-25-6-8-26(9-7-25)24-19-22-12-14-10-13(2-5-18(14)23-19)16-11-15(20)3-4-17(16)21/h2-5,10-12H,6-9,21H2,1H3,(H,22,23,24). The lowest BCUT2D eigenvalue weighted by Gasteiger charge is -2.32. The Morgan fingerprint density at radius 1 is 1.08 bits per heavy atom. The van der Waals surface area contributed by atoms with E-state index in [1.165, 1.54) is 0 Å². The van der Waals surface area contributed by atoms with E-state index in [1.54, 1.807) is 6.07 Å². The highest BCUT2D eigenvalue weighted by atomic mass is 35.5. The van der Waals surface area contributed by atoms with Crippen LogP contribution in [0.15, 0.2) is 42.6 Å². The molecule has 0 amide bonds. The minimum atomic E-state index is 0.622. The van der Waals surface area contributed by atoms with E-state index in [0.717, 1.165) is 48.2 Å². The van der Waals surface area contributed by atoms with Crippen molar-refractivity contribution in [2.75, 3.05) is 44.4 Å². The molecule has 6 nitrogen and oxygen atoms in total. The van der Waals surface area contributed by atoms with Gasteiger partial charge in [-0.3, -0.25) is 5.43 Å². The van der Waals surface area contributed by atoms with Crippen LogP contribution in [0.3, 0.4) is 0 Å². The number of nitrogens with one attached hydrogen (secondary N) is 1. The molecule has 1 aromatic heterocycles. The average Bonchev–Trinajstić information content (AvgIpc) is 2.65. The van der Waals surface area contributed by atoms with Gasteiger partial charge in [-0.25, -0.2) is 15.0 Å². The molecule has 0 bridgehead atoms. The molecule has 0 spiro atoms. The highest BCUT2D eigenvalue weighted by Gasteiger charge is 2.14. The number of fused-ring (bicyclic) bond motifs is 1. The van der Waals surface area contributed by atoms with E-state index < -0.39 is 0 Å². The first-order chi connectivity index (χ1) is 12.6. The Morgan fingerprint density at radius 3 is 2.69 bits per heavy atom. The van der Waals surface area contributed by atoms with Crippen LogP contribution in [-0.2, 0) is 0 Å². The van der Waals surface area contributed by atoms with Gasteiger partial charge in [0.1, 0.15) is 0 Å². The van der Waals surface area contributed by atoms with Crippen LogP contribution in [0.5, 0.6) is 0 Å². The second kappa shape index (κ2) is 7.07. The number of anilines is 2. The number of piperazine rings is 1. The molecule has 7 heteroatoms. The molecule has 2 aromatic carbocycles. The van der Waals surface area contributed by atoms with Gasteiger partial charge in [0.15, 0.2) is 0 Å². The Bertz CT molecular complexity index is 936. The van der Waals surface area contributed by atoms with Crippen LogP contribution in [0.2, 0.25) is 5.02 Å². The van der Waals surface area contributed by atoms with Gasteiger partial charge in [-0.2, -0.15) is 0 Å². The zero-order valence-corrected chi connectivity index (χ0v) is 15.4. The lowest BCUT2D eigenvalue weighted by atomic mass is 10.0. The van der Waals surface area contributed by atoms with Gasteiger partial charge in [-0.05, 0) is 42.9 Å². The summed E-state index contributed by atoms with van der Waals surface area (Å²) in [5, 5.41) is 3.78. The fourth-order valence-corrected chi connectivity index (χ4v) is 3.27. The number of hydrogen-bond donors (Lipinski definition) is 2. The second-order valence-corrected chi connectivity index (χ2v) is 7.04. The molecule has 0 aliphatic carbocycles. The molecular formula is C19H21ClN6. The number of likely N-dealkylation sites (N-methyl/N-ethyl adjacent to an activating group) is 1. The van der Waals surface area contributed by atoms with Crippen molar-refractivity contribution in [2.45, 2.75) is 0 Å². The van der Waals surface area contributed by atoms with Gasteiger partial charge < -0.3 is 10.6 Å². The molecule has 1 fully saturated rings. The summed E-state index contributed by atoms with van der Waals surface area (Å²) in [6.07, 6.45) is 1.84. The number of aromatic nitrogens is 2. The molecule has 0 atom stereocenters. The van der Waals surface area contributed by atoms with Crippen LogP contribution >= 0.6 is 11.6 Å². The van der Waals surface area contributed by atoms with Crippen LogP contribution < -0.4 is 11.2 Å². The van der Waals surface area contributed by atoms with Crippen molar-refractivity contribution in [1.29, 1.82) is 0 Å². The van der Waals surface area contributed by atoms with Gasteiger partial charge in [0.2, 0.25) is 5.95 Å². The van der Waals surface area contributed by atoms with Gasteiger partial charge in [0.25, 0.3) is 0 Å². The van der Waals surface area contributed by atoms with Crippen molar-refractivity contribution in [3.8, 4) is 11.1 Å². The summed E-state index contributed by atoms with van der Waals surface area (Å²) in [4.78, 5) is 11.4. The maximum Gasteiger partial charge on any atom is 0.238 e. The van der Waals surface area contributed by atoms with Gasteiger partial charge in [0.05, 0.1) is 5.52 Å². The lowest BCUT2D eigenvalue weighted by molar-refractivity contribution is 0.178. The number of hydrazine groups is 1. The first-order valence-electron chi connectivity index (χ1n) is 8.61. The zero-order valence-electron chi connectivity index (χ0n) is 14.6. The normalized spacial score (nSPS) is 16.1. The Balaban J connectivity index is 1.59. The molecule has 4 rings (SSSR count). The summed E-state index contributed by atoms with van der Waals surface area (Å²) in [5.74, 6) is 0.622. The van der Waals surface area contributed by atoms with Crippen molar-refractivity contribution in [1.82, 2.24) is 19.9 Å². The van der Waals surface area contributed by atoms with Crippen molar-refractivity contribution >= 4 is 34.1 Å². The molecule has 3 N–H and O–H groups in total. The topological polar surface area (TPSA) is 70.3 Å². The second-order valence-electron chi connectivity index (χ2n) is 6.60. The summed E-state index contributed by atoms with van der Waals surface area (Å²) in [6, 6.07) is 11.5. The maximum absolute atomic E-state index is 6.11. The molecular weight excluding hydrogens is 348 g/mol. The van der Waals surface area contributed by atoms with Crippen LogP contribution in [0.1, 0.15) is 0 Å². The van der Waals surface area contributed by atoms with Gasteiger partial charge in [-0.15, -0.1) is 0 Å². The monoisotopic (exact) mass is 368 g/mol. The highest BCUT2D eigenvalue weighted by Crippen LogP contribution is 2.30. The molecule has 0 radical (unpaired) electrons. The molecule has 1 aliphatic rings. The highest BCUT2D eigenvalue weighted by molar-refractivity contribution is 6.31. The number of hydrogen-bond acceptors (Lipinski definition) is 6. The fourth-order valence-electron chi connectivity index (χ4n) is 3.09. The van der Waals surface area contributed by atoms with E-state index in [-0.39, 0.29) is 0 Å². The third-order valence-corrected chi connectivity index (χ3v) is 4.90. The van der Waals surface area contributed by atoms with E-state index in [1.807, 2.05) is 36.5 Å². The minimum Gasteiger partial charge on any atom is -0.398 e. The summed E-state index contributed by atoms with van der Waals surface area (Å²) in [6.45, 7) is 3.96. The quantitative estimate of drug-likeness (QED) is 0.692. The summed E-state index contributed by atoms with van der Waals surface area (Å²) in [5.41, 5.74) is 12.9. The Morgan fingerprint density at radius 2 is 1.88 bits per heavy atom. The van der Waals surface area contributed by atoms with Crippen molar-refractivity contribution in [2.24, 2.45) is 0 Å². The van der Waals surface area contributed by atoms with Crippen LogP contribution in [0.25, 0.3) is 22.0 Å². The van der Waals surface area contributed by atoms with E-state index in [4.69, 9.17) is 17.3 Å². The molecule has 0 unspecified atom stereocenters. The average molecular weight is 369 g/mol. The Labute approximate surface area is 157 Å². The van der Waals surface area contributed by atoms with E-state index in [9.17, 15) is 0 Å². The first kappa shape index (κ1) is 17.0. The SMILES string of the molecule is CN1CCN(Nc2ncc3cc(-c4cc(Cl)ccc4N)ccc3n2)CC1. The Kier molecular flexibility index (Phi) is 4.63. The van der Waals surface area contributed by atoms with E-state index in [0.29, 0.717) is 16.7 Å². The predicted octanol–water partition coefficient (Wildman–Crippen LogP) is 3.11. The third kappa shape index (κ3) is 3.58. The summed E-state index contributed by atoms with van der Waals surface area (Å²) < 4.78 is 0. The molecule has 134 valence electrons. The molecule has 0 saturated carbocycles. The molecule has 3 aromatic rings. The summed E-state index contributed by atoms with van der Waals surface area (Å²) >= 11 is 6.11. The number of nitrogens with zero attached hydrogens (tertiary/aromatic N) is 4. The molecule has 1 aliphatic heterocycles. The number of nitrogens with two attached hydrogens (primary N) is 1. The largest absolute Gasteiger partial charge is 0.398 e. The third-order valence-electron chi connectivity index (χ3n) is 4.67. The lowest BCUT2D eigenvalue weighted by Crippen LogP contribution is -2.47. The Hall–Kier alpha value is -2.41. The van der Waals surface area contributed by atoms with Crippen LogP contribution in [-0.4, -0.2) is 53.1 Å². The molecule has 1 saturated heterocycles. The smallest absolute Gasteiger partial charge is 0.238 e. The maximum atomic E-state index is 6.11. The number of nitrogen functional groups attached to an aromatic ring is 1. The van der Waals surface area contributed by atoms with Crippen molar-refractivity contribution in [3.05, 3.63) is 47.6 Å². The minimum absolute atomic E-state index is 0.622. The molecule has 26 heavy (non-hydrogen) atoms. The van der Waals surface area contributed by atoms with E-state index >= 15 is 0 Å². The van der Waals surface area contributed by atoms with Crippen molar-refractivity contribution in [3.63, 3.8) is 0 Å².